The first-order valence-corrected chi connectivity index (χ1v) is 5.42. The fourth-order valence-electron chi connectivity index (χ4n) is 1.92. The zero-order chi connectivity index (χ0) is 13.0. The summed E-state index contributed by atoms with van der Waals surface area (Å²) in [6.07, 6.45) is -0.771. The second kappa shape index (κ2) is 5.65. The number of esters is 3. The quantitative estimate of drug-likeness (QED) is 0.533. The highest BCUT2D eigenvalue weighted by molar-refractivity contribution is 5.68. The monoisotopic (exact) mass is 244 g/mol. The van der Waals surface area contributed by atoms with Gasteiger partial charge in [-0.05, 0) is 12.8 Å². The van der Waals surface area contributed by atoms with Gasteiger partial charge in [-0.1, -0.05) is 0 Å². The lowest BCUT2D eigenvalue weighted by Gasteiger charge is -2.23. The molecule has 1 rings (SSSR count). The third-order valence-corrected chi connectivity index (χ3v) is 2.41. The van der Waals surface area contributed by atoms with E-state index in [2.05, 4.69) is 0 Å². The molecule has 0 radical (unpaired) electrons. The highest BCUT2D eigenvalue weighted by Gasteiger charge is 2.42. The third kappa shape index (κ3) is 4.05. The van der Waals surface area contributed by atoms with Crippen molar-refractivity contribution in [2.75, 3.05) is 0 Å². The van der Waals surface area contributed by atoms with Crippen molar-refractivity contribution in [2.24, 2.45) is 0 Å². The predicted octanol–water partition coefficient (Wildman–Crippen LogP) is 0.575. The second-order valence-electron chi connectivity index (χ2n) is 3.95. The molecule has 0 aromatic rings. The largest absolute Gasteiger partial charge is 0.458 e. The average molecular weight is 244 g/mol. The van der Waals surface area contributed by atoms with Crippen LogP contribution < -0.4 is 0 Å². The second-order valence-corrected chi connectivity index (χ2v) is 3.95. The number of carbonyl (C=O) groups is 3. The minimum atomic E-state index is -0.708. The Labute approximate surface area is 99.2 Å². The van der Waals surface area contributed by atoms with Gasteiger partial charge in [0.1, 0.15) is 12.2 Å². The summed E-state index contributed by atoms with van der Waals surface area (Å²) in [6, 6.07) is 0. The molecular formula is C11H16O6. The van der Waals surface area contributed by atoms with E-state index in [1.54, 1.807) is 0 Å². The number of hydrogen-bond acceptors (Lipinski definition) is 6. The van der Waals surface area contributed by atoms with Crippen LogP contribution >= 0.6 is 0 Å². The maximum atomic E-state index is 11.0. The van der Waals surface area contributed by atoms with Crippen molar-refractivity contribution in [3.63, 3.8) is 0 Å². The van der Waals surface area contributed by atoms with Crippen LogP contribution in [0.25, 0.3) is 0 Å². The molecule has 0 aromatic heterocycles. The van der Waals surface area contributed by atoms with E-state index in [1.807, 2.05) is 0 Å². The number of ether oxygens (including phenoxy) is 3. The van der Waals surface area contributed by atoms with Crippen molar-refractivity contribution in [3.8, 4) is 0 Å². The van der Waals surface area contributed by atoms with E-state index >= 15 is 0 Å². The molecule has 1 fully saturated rings. The molecule has 0 heterocycles. The molecule has 1 aliphatic carbocycles. The van der Waals surface area contributed by atoms with Gasteiger partial charge in [0.2, 0.25) is 0 Å². The molecule has 6 nitrogen and oxygen atoms in total. The van der Waals surface area contributed by atoms with Crippen LogP contribution in [0.4, 0.5) is 0 Å². The summed E-state index contributed by atoms with van der Waals surface area (Å²) in [5, 5.41) is 0. The van der Waals surface area contributed by atoms with Gasteiger partial charge in [0, 0.05) is 20.8 Å². The highest BCUT2D eigenvalue weighted by Crippen LogP contribution is 2.28. The zero-order valence-electron chi connectivity index (χ0n) is 10.1. The molecule has 1 saturated carbocycles. The summed E-state index contributed by atoms with van der Waals surface area (Å²) >= 11 is 0. The first-order valence-electron chi connectivity index (χ1n) is 5.42. The summed E-state index contributed by atoms with van der Waals surface area (Å²) in [7, 11) is 0. The van der Waals surface area contributed by atoms with Gasteiger partial charge in [-0.15, -0.1) is 0 Å². The molecular weight excluding hydrogens is 228 g/mol. The lowest BCUT2D eigenvalue weighted by Crippen LogP contribution is -2.38. The van der Waals surface area contributed by atoms with Crippen LogP contribution in [0.1, 0.15) is 33.6 Å². The van der Waals surface area contributed by atoms with E-state index in [-0.39, 0.29) is 0 Å². The minimum absolute atomic E-state index is 0.448. The van der Waals surface area contributed by atoms with E-state index in [9.17, 15) is 14.4 Å². The molecule has 0 aromatic carbocycles. The van der Waals surface area contributed by atoms with Crippen molar-refractivity contribution in [2.45, 2.75) is 51.9 Å². The summed E-state index contributed by atoms with van der Waals surface area (Å²) in [4.78, 5) is 32.7. The van der Waals surface area contributed by atoms with Crippen LogP contribution in [0.2, 0.25) is 0 Å². The van der Waals surface area contributed by atoms with Crippen molar-refractivity contribution >= 4 is 17.9 Å². The number of hydrogen-bond donors (Lipinski definition) is 0. The predicted molar refractivity (Wildman–Crippen MR) is 55.9 cm³/mol. The maximum Gasteiger partial charge on any atom is 0.303 e. The lowest BCUT2D eigenvalue weighted by molar-refractivity contribution is -0.174. The van der Waals surface area contributed by atoms with E-state index in [0.717, 1.165) is 0 Å². The molecule has 2 atom stereocenters. The van der Waals surface area contributed by atoms with Gasteiger partial charge in [-0.25, -0.2) is 0 Å². The van der Waals surface area contributed by atoms with Gasteiger partial charge >= 0.3 is 17.9 Å². The van der Waals surface area contributed by atoms with Crippen LogP contribution in [-0.4, -0.2) is 36.2 Å². The molecule has 0 bridgehead atoms. The Bertz CT molecular complexity index is 300. The van der Waals surface area contributed by atoms with Gasteiger partial charge in [0.15, 0.2) is 6.10 Å². The Morgan fingerprint density at radius 3 is 1.41 bits per heavy atom. The zero-order valence-corrected chi connectivity index (χ0v) is 10.1. The highest BCUT2D eigenvalue weighted by atomic mass is 16.6. The summed E-state index contributed by atoms with van der Waals surface area (Å²) in [6.45, 7) is 3.82. The van der Waals surface area contributed by atoms with Gasteiger partial charge in [-0.2, -0.15) is 0 Å². The summed E-state index contributed by atoms with van der Waals surface area (Å²) in [5.74, 6) is -1.39. The van der Waals surface area contributed by atoms with Gasteiger partial charge in [-0.3, -0.25) is 14.4 Å². The van der Waals surface area contributed by atoms with E-state index in [0.29, 0.717) is 12.8 Å². The standard InChI is InChI=1S/C11H16O6/c1-6(12)15-9-4-5-10(16-7(2)13)11(9)17-8(3)14/h9-11H,4-5H2,1-3H3/t9-,10-/m0/s1. The minimum Gasteiger partial charge on any atom is -0.458 e. The van der Waals surface area contributed by atoms with Crippen LogP contribution in [0.3, 0.4) is 0 Å². The Morgan fingerprint density at radius 1 is 0.765 bits per heavy atom. The van der Waals surface area contributed by atoms with Crippen LogP contribution in [0, 0.1) is 0 Å². The Kier molecular flexibility index (Phi) is 4.48. The summed E-state index contributed by atoms with van der Waals surface area (Å²) in [5.41, 5.74) is 0. The van der Waals surface area contributed by atoms with Crippen molar-refractivity contribution in [1.82, 2.24) is 0 Å². The smallest absolute Gasteiger partial charge is 0.303 e. The Balaban J connectivity index is 2.69. The molecule has 0 saturated heterocycles. The SMILES string of the molecule is CC(=O)OC1[C@@H](OC(C)=O)CC[C@@H]1OC(C)=O. The molecule has 1 aliphatic rings. The molecule has 0 aliphatic heterocycles. The van der Waals surface area contributed by atoms with Crippen molar-refractivity contribution in [1.29, 1.82) is 0 Å². The van der Waals surface area contributed by atoms with Crippen LogP contribution in [0.15, 0.2) is 0 Å². The first-order chi connectivity index (χ1) is 7.90. The fourth-order valence-corrected chi connectivity index (χ4v) is 1.92. The number of carbonyl (C=O) groups excluding carboxylic acids is 3. The summed E-state index contributed by atoms with van der Waals surface area (Å²) < 4.78 is 15.1. The molecule has 96 valence electrons. The van der Waals surface area contributed by atoms with Crippen molar-refractivity contribution < 1.29 is 28.6 Å². The molecule has 0 unspecified atom stereocenters. The van der Waals surface area contributed by atoms with Crippen LogP contribution in [-0.2, 0) is 28.6 Å². The van der Waals surface area contributed by atoms with E-state index in [1.165, 1.54) is 20.8 Å². The normalized spacial score (nSPS) is 24.2. The lowest BCUT2D eigenvalue weighted by atomic mass is 10.2. The average Bonchev–Trinajstić information content (AvgIpc) is 2.47. The van der Waals surface area contributed by atoms with Gasteiger partial charge in [0.05, 0.1) is 0 Å². The van der Waals surface area contributed by atoms with Crippen LogP contribution in [0.5, 0.6) is 0 Å². The van der Waals surface area contributed by atoms with E-state index < -0.39 is 36.2 Å². The molecule has 0 spiro atoms. The maximum absolute atomic E-state index is 11.0. The topological polar surface area (TPSA) is 78.9 Å². The Morgan fingerprint density at radius 2 is 1.12 bits per heavy atom. The molecule has 0 amide bonds. The van der Waals surface area contributed by atoms with Crippen molar-refractivity contribution in [3.05, 3.63) is 0 Å². The molecule has 0 N–H and O–H groups in total. The van der Waals surface area contributed by atoms with E-state index in [4.69, 9.17) is 14.2 Å². The third-order valence-electron chi connectivity index (χ3n) is 2.41. The van der Waals surface area contributed by atoms with Gasteiger partial charge in [0.25, 0.3) is 0 Å². The fraction of sp³-hybridized carbons (Fsp3) is 0.727. The molecule has 6 heteroatoms. The molecule has 17 heavy (non-hydrogen) atoms. The Hall–Kier alpha value is -1.59. The first kappa shape index (κ1) is 13.5. The van der Waals surface area contributed by atoms with Gasteiger partial charge < -0.3 is 14.2 Å². The number of rotatable bonds is 3.